The highest BCUT2D eigenvalue weighted by Crippen LogP contribution is 2.42. The Morgan fingerprint density at radius 1 is 1.45 bits per heavy atom. The molecule has 0 aromatic carbocycles. The SMILES string of the molecule is CC(c1ccsc1)N1CCC(=O)NC(C)(C2CC2)C1=O. The van der Waals surface area contributed by atoms with Crippen molar-refractivity contribution in [2.75, 3.05) is 6.54 Å². The highest BCUT2D eigenvalue weighted by atomic mass is 32.1. The van der Waals surface area contributed by atoms with Crippen LogP contribution in [0.4, 0.5) is 0 Å². The lowest BCUT2D eigenvalue weighted by atomic mass is 9.93. The molecule has 0 spiro atoms. The average molecular weight is 292 g/mol. The van der Waals surface area contributed by atoms with E-state index in [0.717, 1.165) is 18.4 Å². The van der Waals surface area contributed by atoms with E-state index in [1.807, 2.05) is 24.1 Å². The van der Waals surface area contributed by atoms with Gasteiger partial charge in [0.1, 0.15) is 5.54 Å². The summed E-state index contributed by atoms with van der Waals surface area (Å²) in [5, 5.41) is 7.07. The molecule has 1 aliphatic carbocycles. The van der Waals surface area contributed by atoms with Crippen LogP contribution in [-0.2, 0) is 9.59 Å². The Kier molecular flexibility index (Phi) is 3.32. The molecule has 20 heavy (non-hydrogen) atoms. The fourth-order valence-corrected chi connectivity index (χ4v) is 3.77. The summed E-state index contributed by atoms with van der Waals surface area (Å²) in [5.74, 6) is 0.367. The summed E-state index contributed by atoms with van der Waals surface area (Å²) in [6.07, 6.45) is 2.45. The molecule has 2 atom stereocenters. The zero-order valence-electron chi connectivity index (χ0n) is 11.9. The molecule has 4 nitrogen and oxygen atoms in total. The monoisotopic (exact) mass is 292 g/mol. The van der Waals surface area contributed by atoms with E-state index in [-0.39, 0.29) is 17.9 Å². The van der Waals surface area contributed by atoms with Gasteiger partial charge in [-0.25, -0.2) is 0 Å². The molecule has 3 rings (SSSR count). The van der Waals surface area contributed by atoms with Crippen LogP contribution >= 0.6 is 11.3 Å². The molecule has 1 saturated carbocycles. The van der Waals surface area contributed by atoms with Crippen LogP contribution in [0.3, 0.4) is 0 Å². The highest BCUT2D eigenvalue weighted by molar-refractivity contribution is 7.07. The van der Waals surface area contributed by atoms with Crippen LogP contribution in [0.2, 0.25) is 0 Å². The number of amides is 2. The highest BCUT2D eigenvalue weighted by Gasteiger charge is 2.51. The van der Waals surface area contributed by atoms with E-state index < -0.39 is 5.54 Å². The molecule has 2 amide bonds. The first-order chi connectivity index (χ1) is 9.52. The summed E-state index contributed by atoms with van der Waals surface area (Å²) in [7, 11) is 0. The lowest BCUT2D eigenvalue weighted by Gasteiger charge is -2.35. The minimum absolute atomic E-state index is 0.00670. The third-order valence-electron chi connectivity index (χ3n) is 4.57. The number of nitrogens with zero attached hydrogens (tertiary/aromatic N) is 1. The van der Waals surface area contributed by atoms with Crippen molar-refractivity contribution in [1.29, 1.82) is 0 Å². The number of carbonyl (C=O) groups is 2. The first-order valence-corrected chi connectivity index (χ1v) is 8.11. The second-order valence-electron chi connectivity index (χ2n) is 6.01. The molecule has 5 heteroatoms. The maximum atomic E-state index is 12.9. The molecule has 108 valence electrons. The van der Waals surface area contributed by atoms with Crippen LogP contribution in [0.15, 0.2) is 16.8 Å². The minimum Gasteiger partial charge on any atom is -0.342 e. The number of hydrogen-bond acceptors (Lipinski definition) is 3. The molecule has 1 aliphatic heterocycles. The number of carbonyl (C=O) groups excluding carboxylic acids is 2. The summed E-state index contributed by atoms with van der Waals surface area (Å²) in [6, 6.07) is 2.08. The van der Waals surface area contributed by atoms with Crippen LogP contribution in [-0.4, -0.2) is 28.8 Å². The van der Waals surface area contributed by atoms with E-state index in [2.05, 4.69) is 16.8 Å². The lowest BCUT2D eigenvalue weighted by Crippen LogP contribution is -2.57. The van der Waals surface area contributed by atoms with E-state index in [4.69, 9.17) is 0 Å². The third-order valence-corrected chi connectivity index (χ3v) is 5.27. The largest absolute Gasteiger partial charge is 0.342 e. The third kappa shape index (κ3) is 2.24. The molecule has 0 radical (unpaired) electrons. The van der Waals surface area contributed by atoms with Crippen LogP contribution in [0.1, 0.15) is 44.7 Å². The fourth-order valence-electron chi connectivity index (χ4n) is 3.03. The number of hydrogen-bond donors (Lipinski definition) is 1. The van der Waals surface area contributed by atoms with Crippen molar-refractivity contribution in [1.82, 2.24) is 10.2 Å². The van der Waals surface area contributed by atoms with Gasteiger partial charge in [-0.2, -0.15) is 11.3 Å². The van der Waals surface area contributed by atoms with Crippen molar-refractivity contribution in [3.63, 3.8) is 0 Å². The zero-order chi connectivity index (χ0) is 14.3. The minimum atomic E-state index is -0.710. The van der Waals surface area contributed by atoms with Gasteiger partial charge in [0.15, 0.2) is 0 Å². The Bertz CT molecular complexity index is 524. The van der Waals surface area contributed by atoms with Crippen molar-refractivity contribution >= 4 is 23.2 Å². The normalized spacial score (nSPS) is 29.0. The molecule has 0 bridgehead atoms. The molecule has 2 heterocycles. The van der Waals surface area contributed by atoms with Gasteiger partial charge in [-0.05, 0) is 55.0 Å². The van der Waals surface area contributed by atoms with E-state index >= 15 is 0 Å². The smallest absolute Gasteiger partial charge is 0.248 e. The number of nitrogens with one attached hydrogen (secondary N) is 1. The molecule has 1 aromatic rings. The van der Waals surface area contributed by atoms with Gasteiger partial charge in [0, 0.05) is 13.0 Å². The zero-order valence-corrected chi connectivity index (χ0v) is 12.7. The van der Waals surface area contributed by atoms with Crippen molar-refractivity contribution in [2.45, 2.75) is 44.7 Å². The first kappa shape index (κ1) is 13.6. The van der Waals surface area contributed by atoms with E-state index in [1.54, 1.807) is 11.3 Å². The summed E-state index contributed by atoms with van der Waals surface area (Å²) < 4.78 is 0. The van der Waals surface area contributed by atoms with Gasteiger partial charge in [0.25, 0.3) is 0 Å². The predicted octanol–water partition coefficient (Wildman–Crippen LogP) is 2.33. The van der Waals surface area contributed by atoms with Gasteiger partial charge in [0.2, 0.25) is 11.8 Å². The summed E-state index contributed by atoms with van der Waals surface area (Å²) in [4.78, 5) is 26.8. The maximum absolute atomic E-state index is 12.9. The average Bonchev–Trinajstić information content (AvgIpc) is 3.15. The van der Waals surface area contributed by atoms with E-state index in [0.29, 0.717) is 18.9 Å². The van der Waals surface area contributed by atoms with Crippen molar-refractivity contribution < 1.29 is 9.59 Å². The van der Waals surface area contributed by atoms with Gasteiger partial charge < -0.3 is 10.2 Å². The second-order valence-corrected chi connectivity index (χ2v) is 6.79. The Hall–Kier alpha value is -1.36. The molecule has 1 saturated heterocycles. The van der Waals surface area contributed by atoms with Crippen LogP contribution < -0.4 is 5.32 Å². The predicted molar refractivity (Wildman–Crippen MR) is 78.3 cm³/mol. The lowest BCUT2D eigenvalue weighted by molar-refractivity contribution is -0.141. The molecule has 2 unspecified atom stereocenters. The summed E-state index contributed by atoms with van der Waals surface area (Å²) >= 11 is 1.64. The molecule has 2 fully saturated rings. The maximum Gasteiger partial charge on any atom is 0.248 e. The Morgan fingerprint density at radius 3 is 2.80 bits per heavy atom. The van der Waals surface area contributed by atoms with Crippen LogP contribution in [0.25, 0.3) is 0 Å². The van der Waals surface area contributed by atoms with Gasteiger partial charge in [-0.1, -0.05) is 0 Å². The van der Waals surface area contributed by atoms with Crippen LogP contribution in [0, 0.1) is 5.92 Å². The Balaban J connectivity index is 1.90. The van der Waals surface area contributed by atoms with Crippen molar-refractivity contribution in [2.24, 2.45) is 5.92 Å². The van der Waals surface area contributed by atoms with Gasteiger partial charge in [0.05, 0.1) is 6.04 Å². The van der Waals surface area contributed by atoms with Gasteiger partial charge in [-0.15, -0.1) is 0 Å². The first-order valence-electron chi connectivity index (χ1n) is 7.16. The molecule has 1 N–H and O–H groups in total. The summed E-state index contributed by atoms with van der Waals surface area (Å²) in [6.45, 7) is 4.44. The molecular weight excluding hydrogens is 272 g/mol. The van der Waals surface area contributed by atoms with Crippen molar-refractivity contribution in [3.05, 3.63) is 22.4 Å². The standard InChI is InChI=1S/C15H20N2O2S/c1-10(11-6-8-20-9-11)17-7-5-13(18)16-15(2,14(17)19)12-3-4-12/h6,8-10,12H,3-5,7H2,1-2H3,(H,16,18). The van der Waals surface area contributed by atoms with E-state index in [1.165, 1.54) is 0 Å². The Labute approximate surface area is 123 Å². The topological polar surface area (TPSA) is 49.4 Å². The molecule has 1 aromatic heterocycles. The van der Waals surface area contributed by atoms with Crippen molar-refractivity contribution in [3.8, 4) is 0 Å². The molecular formula is C15H20N2O2S. The fraction of sp³-hybridized carbons (Fsp3) is 0.600. The number of thiophene rings is 1. The van der Waals surface area contributed by atoms with Gasteiger partial charge in [-0.3, -0.25) is 9.59 Å². The quantitative estimate of drug-likeness (QED) is 0.929. The van der Waals surface area contributed by atoms with E-state index in [9.17, 15) is 9.59 Å². The number of rotatable bonds is 3. The summed E-state index contributed by atoms with van der Waals surface area (Å²) in [5.41, 5.74) is 0.438. The molecule has 2 aliphatic rings. The Morgan fingerprint density at radius 2 is 2.20 bits per heavy atom. The van der Waals surface area contributed by atoms with Crippen LogP contribution in [0.5, 0.6) is 0 Å². The second kappa shape index (κ2) is 4.88. The van der Waals surface area contributed by atoms with Gasteiger partial charge >= 0.3 is 0 Å².